The molecule has 7 fully saturated rings. The maximum Gasteiger partial charge on any atom is 0.0594 e. The normalized spacial score (nSPS) is 43.2. The lowest BCUT2D eigenvalue weighted by Crippen LogP contribution is -2.38. The summed E-state index contributed by atoms with van der Waals surface area (Å²) in [5.74, 6) is 19.4. The molecule has 7 aliphatic rings. The van der Waals surface area contributed by atoms with Crippen LogP contribution in [0.5, 0.6) is 0 Å². The van der Waals surface area contributed by atoms with Crippen molar-refractivity contribution in [1.29, 1.82) is 0 Å². The summed E-state index contributed by atoms with van der Waals surface area (Å²) < 4.78 is 0. The van der Waals surface area contributed by atoms with Crippen molar-refractivity contribution in [2.45, 2.75) is 371 Å². The molecule has 7 heteroatoms. The quantitative estimate of drug-likeness (QED) is 0.0918. The largest absolute Gasteiger partial charge is 0.393 e. The molecule has 0 bridgehead atoms. The van der Waals surface area contributed by atoms with Crippen LogP contribution >= 0.6 is 0 Å². The van der Waals surface area contributed by atoms with E-state index in [2.05, 4.69) is 194 Å². The monoisotopic (exact) mass is 1290 g/mol. The van der Waals surface area contributed by atoms with E-state index in [1.54, 1.807) is 0 Å². The molecule has 7 saturated carbocycles. The zero-order valence-corrected chi connectivity index (χ0v) is 66.2. The van der Waals surface area contributed by atoms with E-state index in [0.29, 0.717) is 71.0 Å². The fourth-order valence-corrected chi connectivity index (χ4v) is 18.9. The molecule has 0 aromatic carbocycles. The Balaban J connectivity index is 0.000000531. The van der Waals surface area contributed by atoms with Gasteiger partial charge in [0.15, 0.2) is 0 Å². The Hall–Kier alpha value is -0.280. The van der Waals surface area contributed by atoms with E-state index in [-0.39, 0.29) is 42.7 Å². The molecule has 33 unspecified atom stereocenters. The van der Waals surface area contributed by atoms with Crippen molar-refractivity contribution < 1.29 is 35.7 Å². The summed E-state index contributed by atoms with van der Waals surface area (Å²) in [5, 5.41) is 68.7. The molecule has 7 aliphatic carbocycles. The molecule has 0 aliphatic heterocycles. The first-order chi connectivity index (χ1) is 42.4. The number of rotatable bonds is 14. The third-order valence-electron chi connectivity index (χ3n) is 28.7. The Morgan fingerprint density at radius 2 is 0.637 bits per heavy atom. The van der Waals surface area contributed by atoms with Gasteiger partial charge < -0.3 is 35.7 Å². The number of hydrogen-bond donors (Lipinski definition) is 7. The van der Waals surface area contributed by atoms with Crippen molar-refractivity contribution in [3.8, 4) is 0 Å². The highest BCUT2D eigenvalue weighted by Crippen LogP contribution is 2.45. The van der Waals surface area contributed by atoms with Gasteiger partial charge in [0.2, 0.25) is 0 Å². The first-order valence-electron chi connectivity index (χ1n) is 40.2. The summed E-state index contributed by atoms with van der Waals surface area (Å²) in [6.07, 6.45) is 24.6. The molecular weight excluding hydrogens is 1120 g/mol. The zero-order valence-electron chi connectivity index (χ0n) is 66.2. The smallest absolute Gasteiger partial charge is 0.0594 e. The van der Waals surface area contributed by atoms with Gasteiger partial charge in [-0.15, -0.1) is 0 Å². The first-order valence-corrected chi connectivity index (χ1v) is 40.2. The van der Waals surface area contributed by atoms with Gasteiger partial charge in [-0.1, -0.05) is 239 Å². The highest BCUT2D eigenvalue weighted by molar-refractivity contribution is 4.90. The van der Waals surface area contributed by atoms with Crippen LogP contribution in [-0.2, 0) is 0 Å². The minimum atomic E-state index is -0.0623. The molecule has 0 aromatic rings. The molecule has 0 spiro atoms. The van der Waals surface area contributed by atoms with Gasteiger partial charge in [0, 0.05) is 0 Å². The van der Waals surface area contributed by atoms with Crippen LogP contribution in [0.25, 0.3) is 0 Å². The molecule has 33 atom stereocenters. The maximum atomic E-state index is 9.96. The summed E-state index contributed by atoms with van der Waals surface area (Å²) >= 11 is 0. The number of hydrogen-bond acceptors (Lipinski definition) is 7. The van der Waals surface area contributed by atoms with Crippen molar-refractivity contribution in [3.63, 3.8) is 0 Å². The number of aliphatic hydroxyl groups is 7. The molecule has 546 valence electrons. The Labute approximate surface area is 570 Å². The molecule has 0 saturated heterocycles. The molecule has 0 amide bonds. The van der Waals surface area contributed by atoms with Gasteiger partial charge in [-0.3, -0.25) is 0 Å². The van der Waals surface area contributed by atoms with Gasteiger partial charge in [0.05, 0.1) is 42.7 Å². The highest BCUT2D eigenvalue weighted by Gasteiger charge is 2.40. The van der Waals surface area contributed by atoms with E-state index < -0.39 is 0 Å². The lowest BCUT2D eigenvalue weighted by Gasteiger charge is -2.40. The molecule has 0 radical (unpaired) electrons. The van der Waals surface area contributed by atoms with Gasteiger partial charge >= 0.3 is 0 Å². The molecule has 7 nitrogen and oxygen atoms in total. The van der Waals surface area contributed by atoms with Crippen molar-refractivity contribution in [1.82, 2.24) is 0 Å². The lowest BCUT2D eigenvalue weighted by molar-refractivity contribution is -0.0154. The third kappa shape index (κ3) is 28.5. The average molecular weight is 1290 g/mol. The maximum absolute atomic E-state index is 9.96. The van der Waals surface area contributed by atoms with Crippen LogP contribution in [0.4, 0.5) is 0 Å². The molecule has 7 N–H and O–H groups in total. The molecular formula is C84H168O7. The molecule has 7 rings (SSSR count). The lowest BCUT2D eigenvalue weighted by atomic mass is 9.67. The standard InChI is InChI=1S/7C12H24O/c1-5-9(3)11-6-8(2)7-12(13)10(11)4;1-5-8(2)12-7-11(13)6-9(3)10(12)4;1-5-8(2)11-6-9(3)10(4)12(13)7-11;1-5-8(2)11-6-9(3)12(13)10(4)7-11;1-5-8(2)11-7-12(13)10(4)6-9(11)3;1-5-8(2)11-6-7-12(13)10(4)9(11)3;1-5-8(2)11-7-6-9(3)12(13)10(11)4/h7*8-13H,5-7H2,1-4H3. The fraction of sp³-hybridized carbons (Fsp3) is 1.00. The molecule has 0 aromatic heterocycles. The predicted molar refractivity (Wildman–Crippen MR) is 396 cm³/mol. The second-order valence-corrected chi connectivity index (χ2v) is 35.1. The predicted octanol–water partition coefficient (Wildman–Crippen LogP) is 21.5. The van der Waals surface area contributed by atoms with Crippen molar-refractivity contribution >= 4 is 0 Å². The number of aliphatic hydroxyl groups excluding tert-OH is 7. The van der Waals surface area contributed by atoms with E-state index in [9.17, 15) is 35.7 Å². The minimum Gasteiger partial charge on any atom is -0.393 e. The second-order valence-electron chi connectivity index (χ2n) is 35.1. The Morgan fingerprint density at radius 1 is 0.242 bits per heavy atom. The van der Waals surface area contributed by atoms with Crippen LogP contribution in [0.15, 0.2) is 0 Å². The van der Waals surface area contributed by atoms with Crippen LogP contribution in [-0.4, -0.2) is 78.5 Å². The summed E-state index contributed by atoms with van der Waals surface area (Å²) in [6.45, 7) is 63.5. The molecule has 0 heterocycles. The van der Waals surface area contributed by atoms with Crippen LogP contribution < -0.4 is 0 Å². The average Bonchev–Trinajstić information content (AvgIpc) is 1.79. The van der Waals surface area contributed by atoms with Crippen molar-refractivity contribution in [3.05, 3.63) is 0 Å². The van der Waals surface area contributed by atoms with Crippen LogP contribution in [0.1, 0.15) is 329 Å². The third-order valence-corrected chi connectivity index (χ3v) is 28.7. The van der Waals surface area contributed by atoms with E-state index in [1.165, 1.54) is 96.3 Å². The zero-order chi connectivity index (χ0) is 70.1. The van der Waals surface area contributed by atoms with E-state index in [4.69, 9.17) is 0 Å². The second kappa shape index (κ2) is 44.7. The van der Waals surface area contributed by atoms with E-state index in [0.717, 1.165) is 133 Å². The van der Waals surface area contributed by atoms with Crippen molar-refractivity contribution in [2.75, 3.05) is 0 Å². The van der Waals surface area contributed by atoms with Crippen LogP contribution in [0, 0.1) is 166 Å². The molecule has 91 heavy (non-hydrogen) atoms. The summed E-state index contributed by atoms with van der Waals surface area (Å²) in [6, 6.07) is 0. The highest BCUT2D eigenvalue weighted by atomic mass is 16.3. The SMILES string of the molecule is CCC(C)C1CC(C)C(C)C(O)C1.CCC(C)C1CC(C)C(O)C(C)C1.CCC(C)C1CC(C)CC(O)C1C.CCC(C)C1CC(O)C(C)CC1C.CCC(C)C1CC(O)CC(C)C1C.CCC(C)C1CCC(C)C(O)C1C.CCC(C)C1CCC(O)C(C)C1C. The first kappa shape index (κ1) is 88.7. The van der Waals surface area contributed by atoms with Gasteiger partial charge in [-0.2, -0.15) is 0 Å². The summed E-state index contributed by atoms with van der Waals surface area (Å²) in [5.41, 5.74) is 0. The van der Waals surface area contributed by atoms with E-state index in [1.807, 2.05) is 0 Å². The Kier molecular flexibility index (Phi) is 43.6. The Bertz CT molecular complexity index is 1650. The minimum absolute atomic E-state index is 0.0369. The Morgan fingerprint density at radius 3 is 1.11 bits per heavy atom. The van der Waals surface area contributed by atoms with Crippen LogP contribution in [0.3, 0.4) is 0 Å². The topological polar surface area (TPSA) is 142 Å². The van der Waals surface area contributed by atoms with Gasteiger partial charge in [0.25, 0.3) is 0 Å². The summed E-state index contributed by atoms with van der Waals surface area (Å²) in [4.78, 5) is 0. The van der Waals surface area contributed by atoms with Crippen molar-refractivity contribution in [2.24, 2.45) is 166 Å². The van der Waals surface area contributed by atoms with E-state index >= 15 is 0 Å². The van der Waals surface area contributed by atoms with Crippen LogP contribution in [0.2, 0.25) is 0 Å². The van der Waals surface area contributed by atoms with Gasteiger partial charge in [-0.25, -0.2) is 0 Å². The van der Waals surface area contributed by atoms with Gasteiger partial charge in [0.1, 0.15) is 0 Å². The summed E-state index contributed by atoms with van der Waals surface area (Å²) in [7, 11) is 0. The fourth-order valence-electron chi connectivity index (χ4n) is 18.9. The van der Waals surface area contributed by atoms with Gasteiger partial charge in [-0.05, 0) is 256 Å².